The number of nitrogens with one attached hydrogen (secondary N) is 2. The van der Waals surface area contributed by atoms with E-state index in [1.165, 1.54) is 13.2 Å². The fourth-order valence-corrected chi connectivity index (χ4v) is 3.05. The van der Waals surface area contributed by atoms with Crippen molar-refractivity contribution in [2.45, 2.75) is 32.7 Å². The lowest BCUT2D eigenvalue weighted by Gasteiger charge is -2.18. The largest absolute Gasteiger partial charge is 0.494 e. The first-order valence-electron chi connectivity index (χ1n) is 9.79. The van der Waals surface area contributed by atoms with Gasteiger partial charge in [0, 0.05) is 25.7 Å². The Hall–Kier alpha value is -2.43. The molecule has 162 valence electrons. The lowest BCUT2D eigenvalue weighted by atomic mass is 10.1. The number of aliphatic imine (C=N–C) groups is 1. The van der Waals surface area contributed by atoms with Crippen molar-refractivity contribution in [2.24, 2.45) is 4.99 Å². The van der Waals surface area contributed by atoms with Crippen molar-refractivity contribution < 1.29 is 9.13 Å². The molecule has 1 atom stereocenters. The van der Waals surface area contributed by atoms with E-state index in [0.717, 1.165) is 36.4 Å². The number of pyridine rings is 1. The Morgan fingerprint density at radius 2 is 2.10 bits per heavy atom. The molecule has 0 fully saturated rings. The van der Waals surface area contributed by atoms with Gasteiger partial charge in [0.1, 0.15) is 5.82 Å². The number of guanidine groups is 1. The summed E-state index contributed by atoms with van der Waals surface area (Å²) in [6, 6.07) is 10.7. The number of ether oxygens (including phenoxy) is 1. The monoisotopic (exact) mass is 526 g/mol. The Morgan fingerprint density at radius 1 is 1.27 bits per heavy atom. The third-order valence-electron chi connectivity index (χ3n) is 4.59. The molecule has 0 saturated carbocycles. The van der Waals surface area contributed by atoms with Gasteiger partial charge in [-0.25, -0.2) is 4.39 Å². The van der Waals surface area contributed by atoms with Gasteiger partial charge in [-0.15, -0.1) is 34.2 Å². The quantitative estimate of drug-likeness (QED) is 0.203. The van der Waals surface area contributed by atoms with E-state index in [1.54, 1.807) is 6.07 Å². The molecule has 3 rings (SSSR count). The van der Waals surface area contributed by atoms with Gasteiger partial charge in [-0.05, 0) is 50.1 Å². The van der Waals surface area contributed by atoms with E-state index >= 15 is 0 Å². The van der Waals surface area contributed by atoms with Crippen molar-refractivity contribution in [2.75, 3.05) is 20.2 Å². The molecule has 0 aliphatic rings. The van der Waals surface area contributed by atoms with E-state index in [4.69, 9.17) is 4.74 Å². The number of halogens is 2. The SMILES string of the molecule is CCNC(=NCCCc1nnc2ccccn12)NC(C)c1ccc(OC)c(F)c1.I. The van der Waals surface area contributed by atoms with Gasteiger partial charge >= 0.3 is 0 Å². The first kappa shape index (κ1) is 23.8. The summed E-state index contributed by atoms with van der Waals surface area (Å²) in [5, 5.41) is 15.0. The molecule has 0 bridgehead atoms. The number of nitrogens with zero attached hydrogens (tertiary/aromatic N) is 4. The molecule has 3 aromatic rings. The normalized spacial score (nSPS) is 12.3. The van der Waals surface area contributed by atoms with Crippen LogP contribution < -0.4 is 15.4 Å². The Morgan fingerprint density at radius 3 is 2.83 bits per heavy atom. The Bertz CT molecular complexity index is 977. The van der Waals surface area contributed by atoms with Gasteiger partial charge in [-0.3, -0.25) is 9.39 Å². The van der Waals surface area contributed by atoms with Crippen LogP contribution in [-0.2, 0) is 6.42 Å². The Kier molecular flexibility index (Phi) is 9.28. The van der Waals surface area contributed by atoms with Gasteiger partial charge < -0.3 is 15.4 Å². The molecule has 0 spiro atoms. The maximum absolute atomic E-state index is 14.0. The maximum atomic E-state index is 14.0. The highest BCUT2D eigenvalue weighted by Crippen LogP contribution is 2.21. The van der Waals surface area contributed by atoms with Crippen LogP contribution in [0.3, 0.4) is 0 Å². The molecule has 2 heterocycles. The molecule has 0 radical (unpaired) electrons. The van der Waals surface area contributed by atoms with Crippen LogP contribution >= 0.6 is 24.0 Å². The number of hydrogen-bond donors (Lipinski definition) is 2. The number of rotatable bonds is 8. The molecule has 30 heavy (non-hydrogen) atoms. The molecule has 2 N–H and O–H groups in total. The summed E-state index contributed by atoms with van der Waals surface area (Å²) in [6.45, 7) is 5.36. The number of aryl methyl sites for hydroxylation is 1. The first-order valence-corrected chi connectivity index (χ1v) is 9.79. The third kappa shape index (κ3) is 6.04. The molecule has 0 aliphatic carbocycles. The minimum absolute atomic E-state index is 0. The van der Waals surface area contributed by atoms with Crippen molar-refractivity contribution in [3.05, 3.63) is 59.8 Å². The van der Waals surface area contributed by atoms with Crippen molar-refractivity contribution in [3.8, 4) is 5.75 Å². The van der Waals surface area contributed by atoms with Gasteiger partial charge in [0.05, 0.1) is 13.2 Å². The molecule has 0 aliphatic heterocycles. The molecule has 0 saturated heterocycles. The number of aromatic nitrogens is 3. The summed E-state index contributed by atoms with van der Waals surface area (Å²) in [6.07, 6.45) is 3.60. The summed E-state index contributed by atoms with van der Waals surface area (Å²) in [4.78, 5) is 4.63. The zero-order valence-electron chi connectivity index (χ0n) is 17.4. The summed E-state index contributed by atoms with van der Waals surface area (Å²) in [7, 11) is 1.46. The van der Waals surface area contributed by atoms with E-state index in [0.29, 0.717) is 12.5 Å². The second kappa shape index (κ2) is 11.7. The zero-order valence-corrected chi connectivity index (χ0v) is 19.8. The molecular weight excluding hydrogens is 498 g/mol. The highest BCUT2D eigenvalue weighted by Gasteiger charge is 2.11. The predicted octanol–water partition coefficient (Wildman–Crippen LogP) is 3.74. The number of fused-ring (bicyclic) bond motifs is 1. The summed E-state index contributed by atoms with van der Waals surface area (Å²) >= 11 is 0. The van der Waals surface area contributed by atoms with Crippen molar-refractivity contribution in [1.82, 2.24) is 25.2 Å². The van der Waals surface area contributed by atoms with Crippen molar-refractivity contribution >= 4 is 35.6 Å². The van der Waals surface area contributed by atoms with E-state index < -0.39 is 0 Å². The van der Waals surface area contributed by atoms with Crippen LogP contribution in [0.15, 0.2) is 47.6 Å². The fourth-order valence-electron chi connectivity index (χ4n) is 3.05. The third-order valence-corrected chi connectivity index (χ3v) is 4.59. The highest BCUT2D eigenvalue weighted by molar-refractivity contribution is 14.0. The van der Waals surface area contributed by atoms with Gasteiger partial charge in [0.2, 0.25) is 0 Å². The zero-order chi connectivity index (χ0) is 20.6. The summed E-state index contributed by atoms with van der Waals surface area (Å²) < 4.78 is 21.0. The van der Waals surface area contributed by atoms with E-state index in [2.05, 4.69) is 25.8 Å². The van der Waals surface area contributed by atoms with E-state index in [1.807, 2.05) is 48.7 Å². The van der Waals surface area contributed by atoms with Gasteiger partial charge in [-0.1, -0.05) is 12.1 Å². The van der Waals surface area contributed by atoms with Crippen molar-refractivity contribution in [3.63, 3.8) is 0 Å². The van der Waals surface area contributed by atoms with Crippen LogP contribution in [0.25, 0.3) is 5.65 Å². The highest BCUT2D eigenvalue weighted by atomic mass is 127. The average molecular weight is 526 g/mol. The molecule has 9 heteroatoms. The van der Waals surface area contributed by atoms with Gasteiger partial charge in [0.15, 0.2) is 23.2 Å². The van der Waals surface area contributed by atoms with Crippen LogP contribution in [0.2, 0.25) is 0 Å². The second-order valence-electron chi connectivity index (χ2n) is 6.67. The standard InChI is InChI=1S/C21H27FN6O.HI/c1-4-23-21(25-15(2)16-10-11-18(29-3)17(22)14-16)24-12-7-9-20-27-26-19-8-5-6-13-28(19)20;/h5-6,8,10-11,13-15H,4,7,9,12H2,1-3H3,(H2,23,24,25);1H. The van der Waals surface area contributed by atoms with Crippen LogP contribution in [0, 0.1) is 5.82 Å². The fraction of sp³-hybridized carbons (Fsp3) is 0.381. The van der Waals surface area contributed by atoms with Crippen molar-refractivity contribution in [1.29, 1.82) is 0 Å². The van der Waals surface area contributed by atoms with Crippen LogP contribution in [-0.4, -0.2) is 40.8 Å². The van der Waals surface area contributed by atoms with Crippen LogP contribution in [0.4, 0.5) is 4.39 Å². The van der Waals surface area contributed by atoms with Crippen LogP contribution in [0.1, 0.15) is 37.7 Å². The smallest absolute Gasteiger partial charge is 0.191 e. The molecule has 2 aromatic heterocycles. The number of benzene rings is 1. The Balaban J connectivity index is 0.00000320. The van der Waals surface area contributed by atoms with Gasteiger partial charge in [0.25, 0.3) is 0 Å². The lowest BCUT2D eigenvalue weighted by Crippen LogP contribution is -2.38. The lowest BCUT2D eigenvalue weighted by molar-refractivity contribution is 0.386. The molecule has 1 aromatic carbocycles. The van der Waals surface area contributed by atoms with Crippen LogP contribution in [0.5, 0.6) is 5.75 Å². The molecule has 7 nitrogen and oxygen atoms in total. The minimum atomic E-state index is -0.374. The topological polar surface area (TPSA) is 75.8 Å². The second-order valence-corrected chi connectivity index (χ2v) is 6.67. The molecular formula is C21H28FIN6O. The molecule has 1 unspecified atom stereocenters. The minimum Gasteiger partial charge on any atom is -0.494 e. The van der Waals surface area contributed by atoms with E-state index in [9.17, 15) is 4.39 Å². The average Bonchev–Trinajstić information content (AvgIpc) is 3.14. The maximum Gasteiger partial charge on any atom is 0.191 e. The predicted molar refractivity (Wildman–Crippen MR) is 127 cm³/mol. The first-order chi connectivity index (χ1) is 14.1. The summed E-state index contributed by atoms with van der Waals surface area (Å²) in [5.74, 6) is 1.49. The van der Waals surface area contributed by atoms with Gasteiger partial charge in [-0.2, -0.15) is 0 Å². The number of hydrogen-bond acceptors (Lipinski definition) is 4. The van der Waals surface area contributed by atoms with E-state index in [-0.39, 0.29) is 41.6 Å². The Labute approximate surface area is 193 Å². The molecule has 0 amide bonds. The summed E-state index contributed by atoms with van der Waals surface area (Å²) in [5.41, 5.74) is 1.67. The number of methoxy groups -OCH3 is 1.